The summed E-state index contributed by atoms with van der Waals surface area (Å²) in [5, 5.41) is 12.3. The van der Waals surface area contributed by atoms with Gasteiger partial charge in [0.15, 0.2) is 0 Å². The van der Waals surface area contributed by atoms with Gasteiger partial charge in [-0.1, -0.05) is 18.2 Å². The van der Waals surface area contributed by atoms with Crippen LogP contribution >= 0.6 is 0 Å². The summed E-state index contributed by atoms with van der Waals surface area (Å²) in [5.74, 6) is 0. The molecule has 0 aliphatic carbocycles. The summed E-state index contributed by atoms with van der Waals surface area (Å²) in [7, 11) is 1.85. The maximum absolute atomic E-state index is 9.19. The molecule has 1 N–H and O–H groups in total. The number of nitrogens with one attached hydrogen (secondary N) is 1. The third kappa shape index (κ3) is 2.34. The van der Waals surface area contributed by atoms with E-state index in [1.165, 1.54) is 11.3 Å². The molecule has 0 radical (unpaired) electrons. The lowest BCUT2D eigenvalue weighted by Crippen LogP contribution is -2.42. The normalized spacial score (nSPS) is 21.2. The number of hydrogen-bond donors (Lipinski definition) is 1. The Balaban J connectivity index is 2.09. The molecule has 0 fully saturated rings. The van der Waals surface area contributed by atoms with Gasteiger partial charge in [0, 0.05) is 18.3 Å². The van der Waals surface area contributed by atoms with Gasteiger partial charge >= 0.3 is 0 Å². The van der Waals surface area contributed by atoms with Gasteiger partial charge in [-0.05, 0) is 45.4 Å². The molecular weight excluding hydrogens is 222 g/mol. The summed E-state index contributed by atoms with van der Waals surface area (Å²) in [6.07, 6.45) is 1.94. The minimum absolute atomic E-state index is 0.433. The molecule has 1 aliphatic rings. The van der Waals surface area contributed by atoms with Crippen molar-refractivity contribution < 1.29 is 0 Å². The van der Waals surface area contributed by atoms with Crippen molar-refractivity contribution in [2.45, 2.75) is 38.3 Å². The van der Waals surface area contributed by atoms with Crippen molar-refractivity contribution in [1.29, 1.82) is 5.26 Å². The van der Waals surface area contributed by atoms with E-state index in [9.17, 15) is 5.26 Å². The first kappa shape index (κ1) is 12.9. The number of nitrogens with zero attached hydrogens (tertiary/aromatic N) is 2. The topological polar surface area (TPSA) is 39.1 Å². The number of hydrogen-bond acceptors (Lipinski definition) is 3. The van der Waals surface area contributed by atoms with Crippen molar-refractivity contribution in [2.75, 3.05) is 18.5 Å². The van der Waals surface area contributed by atoms with E-state index in [1.807, 2.05) is 14.0 Å². The van der Waals surface area contributed by atoms with Crippen LogP contribution in [0.4, 0.5) is 5.69 Å². The number of para-hydroxylation sites is 1. The summed E-state index contributed by atoms with van der Waals surface area (Å²) < 4.78 is 0. The zero-order valence-electron chi connectivity index (χ0n) is 11.4. The first-order valence-electron chi connectivity index (χ1n) is 6.54. The van der Waals surface area contributed by atoms with Crippen LogP contribution in [0.15, 0.2) is 24.3 Å². The van der Waals surface area contributed by atoms with Crippen LogP contribution in [0.5, 0.6) is 0 Å². The van der Waals surface area contributed by atoms with Gasteiger partial charge in [-0.2, -0.15) is 5.26 Å². The predicted molar refractivity (Wildman–Crippen MR) is 74.6 cm³/mol. The van der Waals surface area contributed by atoms with Crippen LogP contribution in [-0.2, 0) is 6.42 Å². The lowest BCUT2D eigenvalue weighted by Gasteiger charge is -2.29. The summed E-state index contributed by atoms with van der Waals surface area (Å²) in [4.78, 5) is 2.42. The van der Waals surface area contributed by atoms with E-state index in [2.05, 4.69) is 47.5 Å². The molecule has 1 heterocycles. The van der Waals surface area contributed by atoms with Crippen LogP contribution in [0, 0.1) is 11.3 Å². The monoisotopic (exact) mass is 243 g/mol. The van der Waals surface area contributed by atoms with Crippen LogP contribution in [0.3, 0.4) is 0 Å². The van der Waals surface area contributed by atoms with Crippen LogP contribution < -0.4 is 10.2 Å². The number of benzene rings is 1. The average molecular weight is 243 g/mol. The number of anilines is 1. The van der Waals surface area contributed by atoms with Crippen molar-refractivity contribution in [3.63, 3.8) is 0 Å². The van der Waals surface area contributed by atoms with Gasteiger partial charge < -0.3 is 10.2 Å². The van der Waals surface area contributed by atoms with Crippen LogP contribution in [0.1, 0.15) is 25.8 Å². The second-order valence-corrected chi connectivity index (χ2v) is 5.32. The molecule has 0 amide bonds. The van der Waals surface area contributed by atoms with E-state index in [4.69, 9.17) is 0 Å². The predicted octanol–water partition coefficient (Wildman–Crippen LogP) is 2.33. The number of rotatable bonds is 4. The lowest BCUT2D eigenvalue weighted by molar-refractivity contribution is 0.448. The fraction of sp³-hybridized carbons (Fsp3) is 0.533. The molecule has 0 aromatic heterocycles. The minimum Gasteiger partial charge on any atom is -0.368 e. The molecule has 2 rings (SSSR count). The maximum Gasteiger partial charge on any atom is 0.105 e. The van der Waals surface area contributed by atoms with Gasteiger partial charge in [-0.15, -0.1) is 0 Å². The fourth-order valence-corrected chi connectivity index (χ4v) is 2.55. The zero-order valence-corrected chi connectivity index (χ0v) is 11.4. The Morgan fingerprint density at radius 3 is 2.89 bits per heavy atom. The van der Waals surface area contributed by atoms with Crippen molar-refractivity contribution in [3.05, 3.63) is 29.8 Å². The summed E-state index contributed by atoms with van der Waals surface area (Å²) in [6, 6.07) is 11.5. The summed E-state index contributed by atoms with van der Waals surface area (Å²) in [5.41, 5.74) is 2.33. The standard InChI is InChI=1S/C15H21N3/c1-12-10-13-6-4-5-7-14(13)18(12)9-8-15(2,11-16)17-3/h4-7,12,17H,8-10H2,1-3H3. The maximum atomic E-state index is 9.19. The molecule has 3 heteroatoms. The molecule has 0 spiro atoms. The van der Waals surface area contributed by atoms with Gasteiger partial charge in [0.1, 0.15) is 5.54 Å². The molecule has 2 unspecified atom stereocenters. The Hall–Kier alpha value is -1.53. The quantitative estimate of drug-likeness (QED) is 0.882. The average Bonchev–Trinajstić information content (AvgIpc) is 2.72. The Morgan fingerprint density at radius 2 is 2.22 bits per heavy atom. The largest absolute Gasteiger partial charge is 0.368 e. The third-order valence-electron chi connectivity index (χ3n) is 4.00. The molecule has 1 aromatic rings. The van der Waals surface area contributed by atoms with Gasteiger partial charge in [0.2, 0.25) is 0 Å². The van der Waals surface area contributed by atoms with Crippen LogP contribution in [0.25, 0.3) is 0 Å². The van der Waals surface area contributed by atoms with Crippen molar-refractivity contribution in [3.8, 4) is 6.07 Å². The molecule has 1 aliphatic heterocycles. The molecule has 3 nitrogen and oxygen atoms in total. The number of fused-ring (bicyclic) bond motifs is 1. The summed E-state index contributed by atoms with van der Waals surface area (Å²) in [6.45, 7) is 5.13. The SMILES string of the molecule is CNC(C)(C#N)CCN1c2ccccc2CC1C. The molecule has 0 bridgehead atoms. The highest BCUT2D eigenvalue weighted by Crippen LogP contribution is 2.32. The highest BCUT2D eigenvalue weighted by molar-refractivity contribution is 5.59. The van der Waals surface area contributed by atoms with E-state index in [-0.39, 0.29) is 0 Å². The Morgan fingerprint density at radius 1 is 1.50 bits per heavy atom. The van der Waals surface area contributed by atoms with Gasteiger partial charge in [0.25, 0.3) is 0 Å². The van der Waals surface area contributed by atoms with Crippen LogP contribution in [0.2, 0.25) is 0 Å². The molecular formula is C15H21N3. The van der Waals surface area contributed by atoms with E-state index in [1.54, 1.807) is 0 Å². The second-order valence-electron chi connectivity index (χ2n) is 5.32. The summed E-state index contributed by atoms with van der Waals surface area (Å²) >= 11 is 0. The van der Waals surface area contributed by atoms with Crippen molar-refractivity contribution >= 4 is 5.69 Å². The smallest absolute Gasteiger partial charge is 0.105 e. The van der Waals surface area contributed by atoms with E-state index in [0.29, 0.717) is 6.04 Å². The Kier molecular flexibility index (Phi) is 3.58. The molecule has 18 heavy (non-hydrogen) atoms. The van der Waals surface area contributed by atoms with E-state index >= 15 is 0 Å². The van der Waals surface area contributed by atoms with Crippen molar-refractivity contribution in [2.24, 2.45) is 0 Å². The highest BCUT2D eigenvalue weighted by Gasteiger charge is 2.28. The zero-order chi connectivity index (χ0) is 13.2. The Labute approximate surface area is 109 Å². The minimum atomic E-state index is -0.433. The second kappa shape index (κ2) is 4.99. The lowest BCUT2D eigenvalue weighted by atomic mass is 10.00. The Bertz CT molecular complexity index is 463. The molecule has 96 valence electrons. The van der Waals surface area contributed by atoms with Crippen LogP contribution in [-0.4, -0.2) is 25.2 Å². The first-order chi connectivity index (χ1) is 8.59. The molecule has 0 saturated carbocycles. The van der Waals surface area contributed by atoms with E-state index in [0.717, 1.165) is 19.4 Å². The molecule has 0 saturated heterocycles. The van der Waals surface area contributed by atoms with Gasteiger partial charge in [-0.25, -0.2) is 0 Å². The third-order valence-corrected chi connectivity index (χ3v) is 4.00. The molecule has 1 aromatic carbocycles. The van der Waals surface area contributed by atoms with E-state index < -0.39 is 5.54 Å². The van der Waals surface area contributed by atoms with Gasteiger partial charge in [0.05, 0.1) is 6.07 Å². The number of nitriles is 1. The molecule has 2 atom stereocenters. The van der Waals surface area contributed by atoms with Crippen molar-refractivity contribution in [1.82, 2.24) is 5.32 Å². The van der Waals surface area contributed by atoms with Gasteiger partial charge in [-0.3, -0.25) is 0 Å². The first-order valence-corrected chi connectivity index (χ1v) is 6.54. The fourth-order valence-electron chi connectivity index (χ4n) is 2.55. The highest BCUT2D eigenvalue weighted by atomic mass is 15.2.